The predicted molar refractivity (Wildman–Crippen MR) is 72.7 cm³/mol. The van der Waals surface area contributed by atoms with Crippen molar-refractivity contribution >= 4 is 23.0 Å². The van der Waals surface area contributed by atoms with Gasteiger partial charge in [0.25, 0.3) is 5.69 Å². The van der Waals surface area contributed by atoms with E-state index >= 15 is 0 Å². The number of nitrogens with one attached hydrogen (secondary N) is 1. The molecule has 0 bridgehead atoms. The molecule has 0 spiro atoms. The van der Waals surface area contributed by atoms with Gasteiger partial charge in [0.15, 0.2) is 0 Å². The molecule has 6 nitrogen and oxygen atoms in total. The highest BCUT2D eigenvalue weighted by atomic mass is 16.6. The maximum Gasteiger partial charge on any atom is 0.273 e. The van der Waals surface area contributed by atoms with Gasteiger partial charge in [-0.1, -0.05) is 19.3 Å². The van der Waals surface area contributed by atoms with Gasteiger partial charge in [0.1, 0.15) is 0 Å². The van der Waals surface area contributed by atoms with Crippen LogP contribution in [0.5, 0.6) is 0 Å². The van der Waals surface area contributed by atoms with E-state index in [0.717, 1.165) is 25.7 Å². The number of anilines is 2. The van der Waals surface area contributed by atoms with Gasteiger partial charge < -0.3 is 11.1 Å². The van der Waals surface area contributed by atoms with E-state index in [-0.39, 0.29) is 23.2 Å². The number of hydrogen-bond acceptors (Lipinski definition) is 4. The Balaban J connectivity index is 2.09. The fraction of sp³-hybridized carbons (Fsp3) is 0.462. The Morgan fingerprint density at radius 3 is 2.58 bits per heavy atom. The molecule has 1 saturated carbocycles. The number of benzene rings is 1. The van der Waals surface area contributed by atoms with Crippen LogP contribution in [0.1, 0.15) is 32.1 Å². The average molecular weight is 263 g/mol. The van der Waals surface area contributed by atoms with Crippen LogP contribution in [0, 0.1) is 16.0 Å². The van der Waals surface area contributed by atoms with Crippen molar-refractivity contribution in [1.82, 2.24) is 0 Å². The maximum atomic E-state index is 12.0. The van der Waals surface area contributed by atoms with Gasteiger partial charge in [0.2, 0.25) is 5.91 Å². The van der Waals surface area contributed by atoms with Crippen LogP contribution in [0.25, 0.3) is 0 Å². The summed E-state index contributed by atoms with van der Waals surface area (Å²) in [7, 11) is 0. The highest BCUT2D eigenvalue weighted by Gasteiger charge is 2.21. The Kier molecular flexibility index (Phi) is 3.99. The van der Waals surface area contributed by atoms with Crippen molar-refractivity contribution in [3.8, 4) is 0 Å². The Hall–Kier alpha value is -2.11. The van der Waals surface area contributed by atoms with E-state index in [2.05, 4.69) is 5.32 Å². The standard InChI is InChI=1S/C13H17N3O3/c14-10-6-11(8-12(7-10)16(18)19)15-13(17)9-4-2-1-3-5-9/h6-9H,1-5,14H2,(H,15,17). The van der Waals surface area contributed by atoms with Crippen LogP contribution >= 0.6 is 0 Å². The molecule has 1 aromatic rings. The molecule has 102 valence electrons. The predicted octanol–water partition coefficient (Wildman–Crippen LogP) is 2.70. The minimum absolute atomic E-state index is 0.00855. The molecule has 3 N–H and O–H groups in total. The summed E-state index contributed by atoms with van der Waals surface area (Å²) >= 11 is 0. The van der Waals surface area contributed by atoms with Crippen LogP contribution in [0.2, 0.25) is 0 Å². The molecule has 1 aliphatic carbocycles. The molecule has 1 amide bonds. The van der Waals surface area contributed by atoms with E-state index in [9.17, 15) is 14.9 Å². The summed E-state index contributed by atoms with van der Waals surface area (Å²) in [5.41, 5.74) is 6.15. The van der Waals surface area contributed by atoms with Gasteiger partial charge in [0, 0.05) is 29.4 Å². The molecule has 0 radical (unpaired) electrons. The smallest absolute Gasteiger partial charge is 0.273 e. The first-order chi connectivity index (χ1) is 9.06. The molecule has 0 atom stereocenters. The number of nitro groups is 1. The molecule has 0 unspecified atom stereocenters. The van der Waals surface area contributed by atoms with E-state index in [1.165, 1.54) is 24.6 Å². The summed E-state index contributed by atoms with van der Waals surface area (Å²) in [5, 5.41) is 13.5. The average Bonchev–Trinajstić information content (AvgIpc) is 2.39. The minimum atomic E-state index is -0.521. The van der Waals surface area contributed by atoms with Gasteiger partial charge in [-0.25, -0.2) is 0 Å². The lowest BCUT2D eigenvalue weighted by Gasteiger charge is -2.20. The number of carbonyl (C=O) groups excluding carboxylic acids is 1. The number of hydrogen-bond donors (Lipinski definition) is 2. The third kappa shape index (κ3) is 3.43. The molecule has 2 rings (SSSR count). The van der Waals surface area contributed by atoms with Gasteiger partial charge in [-0.2, -0.15) is 0 Å². The zero-order chi connectivity index (χ0) is 13.8. The lowest BCUT2D eigenvalue weighted by atomic mass is 9.88. The summed E-state index contributed by atoms with van der Waals surface area (Å²) in [4.78, 5) is 22.2. The zero-order valence-corrected chi connectivity index (χ0v) is 10.6. The van der Waals surface area contributed by atoms with Gasteiger partial charge in [-0.3, -0.25) is 14.9 Å². The van der Waals surface area contributed by atoms with Crippen LogP contribution in [0.3, 0.4) is 0 Å². The number of nitrogens with zero attached hydrogens (tertiary/aromatic N) is 1. The van der Waals surface area contributed by atoms with E-state index in [1.54, 1.807) is 0 Å². The first-order valence-corrected chi connectivity index (χ1v) is 6.42. The molecule has 0 heterocycles. The van der Waals surface area contributed by atoms with Crippen molar-refractivity contribution in [3.05, 3.63) is 28.3 Å². The molecular formula is C13H17N3O3. The maximum absolute atomic E-state index is 12.0. The minimum Gasteiger partial charge on any atom is -0.398 e. The summed E-state index contributed by atoms with van der Waals surface area (Å²) in [5.74, 6) is -0.0613. The number of amides is 1. The first kappa shape index (κ1) is 13.3. The Morgan fingerprint density at radius 1 is 1.26 bits per heavy atom. The monoisotopic (exact) mass is 263 g/mol. The second-order valence-electron chi connectivity index (χ2n) is 4.89. The first-order valence-electron chi connectivity index (χ1n) is 6.42. The topological polar surface area (TPSA) is 98.3 Å². The molecule has 1 aromatic carbocycles. The number of nitro benzene ring substituents is 1. The van der Waals surface area contributed by atoms with Gasteiger partial charge in [-0.05, 0) is 18.9 Å². The van der Waals surface area contributed by atoms with Crippen LogP contribution in [-0.4, -0.2) is 10.8 Å². The summed E-state index contributed by atoms with van der Waals surface area (Å²) < 4.78 is 0. The van der Waals surface area contributed by atoms with Crippen molar-refractivity contribution in [2.45, 2.75) is 32.1 Å². The Labute approximate surface area is 111 Å². The second-order valence-corrected chi connectivity index (χ2v) is 4.89. The van der Waals surface area contributed by atoms with Crippen molar-refractivity contribution in [3.63, 3.8) is 0 Å². The third-order valence-electron chi connectivity index (χ3n) is 3.39. The largest absolute Gasteiger partial charge is 0.398 e. The highest BCUT2D eigenvalue weighted by molar-refractivity contribution is 5.93. The van der Waals surface area contributed by atoms with E-state index < -0.39 is 4.92 Å². The van der Waals surface area contributed by atoms with Crippen molar-refractivity contribution < 1.29 is 9.72 Å². The SMILES string of the molecule is Nc1cc(NC(=O)C2CCCCC2)cc([N+](=O)[O-])c1. The van der Waals surface area contributed by atoms with Crippen molar-refractivity contribution in [2.24, 2.45) is 5.92 Å². The lowest BCUT2D eigenvalue weighted by molar-refractivity contribution is -0.384. The molecule has 0 saturated heterocycles. The van der Waals surface area contributed by atoms with Crippen LogP contribution < -0.4 is 11.1 Å². The summed E-state index contributed by atoms with van der Waals surface area (Å²) in [6.45, 7) is 0. The number of nitrogens with two attached hydrogens (primary N) is 1. The zero-order valence-electron chi connectivity index (χ0n) is 10.6. The second kappa shape index (κ2) is 5.69. The van der Waals surface area contributed by atoms with E-state index in [4.69, 9.17) is 5.73 Å². The quantitative estimate of drug-likeness (QED) is 0.497. The van der Waals surface area contributed by atoms with Crippen LogP contribution in [0.15, 0.2) is 18.2 Å². The molecule has 0 aliphatic heterocycles. The third-order valence-corrected chi connectivity index (χ3v) is 3.39. The van der Waals surface area contributed by atoms with E-state index in [1.807, 2.05) is 0 Å². The normalized spacial score (nSPS) is 16.0. The Morgan fingerprint density at radius 2 is 1.95 bits per heavy atom. The van der Waals surface area contributed by atoms with Gasteiger partial charge >= 0.3 is 0 Å². The fourth-order valence-electron chi connectivity index (χ4n) is 2.42. The molecule has 1 aliphatic rings. The van der Waals surface area contributed by atoms with Crippen molar-refractivity contribution in [1.29, 1.82) is 0 Å². The molecule has 6 heteroatoms. The van der Waals surface area contributed by atoms with Crippen LogP contribution in [-0.2, 0) is 4.79 Å². The number of nitrogen functional groups attached to an aromatic ring is 1. The van der Waals surface area contributed by atoms with Gasteiger partial charge in [0.05, 0.1) is 4.92 Å². The van der Waals surface area contributed by atoms with Gasteiger partial charge in [-0.15, -0.1) is 0 Å². The lowest BCUT2D eigenvalue weighted by Crippen LogP contribution is -2.24. The molecule has 19 heavy (non-hydrogen) atoms. The summed E-state index contributed by atoms with van der Waals surface area (Å²) in [6.07, 6.45) is 5.07. The highest BCUT2D eigenvalue weighted by Crippen LogP contribution is 2.27. The number of non-ortho nitro benzene ring substituents is 1. The number of rotatable bonds is 3. The molecule has 0 aromatic heterocycles. The van der Waals surface area contributed by atoms with Crippen LogP contribution in [0.4, 0.5) is 17.1 Å². The fourth-order valence-corrected chi connectivity index (χ4v) is 2.42. The number of carbonyl (C=O) groups is 1. The van der Waals surface area contributed by atoms with E-state index in [0.29, 0.717) is 5.69 Å². The van der Waals surface area contributed by atoms with Crippen molar-refractivity contribution in [2.75, 3.05) is 11.1 Å². The molecular weight excluding hydrogens is 246 g/mol. The molecule has 1 fully saturated rings. The summed E-state index contributed by atoms with van der Waals surface area (Å²) in [6, 6.07) is 4.14. The Bertz CT molecular complexity index is 496.